The number of aliphatic imine (C=N–C) groups is 1. The molecule has 1 rings (SSSR count). The van der Waals surface area contributed by atoms with E-state index in [9.17, 15) is 4.79 Å². The van der Waals surface area contributed by atoms with E-state index in [1.807, 2.05) is 14.0 Å². The molecular formula is C16H31N3O2. The monoisotopic (exact) mass is 297 g/mol. The number of hydrogen-bond acceptors (Lipinski definition) is 3. The predicted molar refractivity (Wildman–Crippen MR) is 86.4 cm³/mol. The Balaban J connectivity index is 2.54. The van der Waals surface area contributed by atoms with Crippen LogP contribution in [0.25, 0.3) is 0 Å². The summed E-state index contributed by atoms with van der Waals surface area (Å²) in [6.07, 6.45) is 4.27. The molecule has 0 bridgehead atoms. The van der Waals surface area contributed by atoms with Crippen LogP contribution in [0.3, 0.4) is 0 Å². The van der Waals surface area contributed by atoms with Crippen LogP contribution in [0, 0.1) is 11.8 Å². The molecule has 0 aromatic rings. The maximum atomic E-state index is 11.9. The van der Waals surface area contributed by atoms with Gasteiger partial charge in [0.1, 0.15) is 0 Å². The van der Waals surface area contributed by atoms with Gasteiger partial charge in [-0.3, -0.25) is 9.79 Å². The second kappa shape index (κ2) is 9.64. The molecule has 21 heavy (non-hydrogen) atoms. The van der Waals surface area contributed by atoms with E-state index >= 15 is 0 Å². The molecule has 0 saturated carbocycles. The highest BCUT2D eigenvalue weighted by Gasteiger charge is 2.28. The van der Waals surface area contributed by atoms with Crippen molar-refractivity contribution in [3.05, 3.63) is 0 Å². The van der Waals surface area contributed by atoms with Crippen molar-refractivity contribution < 1.29 is 9.53 Å². The number of carbonyl (C=O) groups is 1. The standard InChI is InChI=1S/C16H31N3O2/c1-5-13(6-2)11-18-16(17-4)19-10-8-9-14(12-19)15(20)21-7-3/h13-14H,5-12H2,1-4H3,(H,17,18). The molecule has 1 heterocycles. The summed E-state index contributed by atoms with van der Waals surface area (Å²) >= 11 is 0. The Kier molecular flexibility index (Phi) is 8.16. The van der Waals surface area contributed by atoms with Gasteiger partial charge in [0, 0.05) is 26.7 Å². The SMILES string of the molecule is CCOC(=O)C1CCCN(C(=NC)NCC(CC)CC)C1. The average Bonchev–Trinajstić information content (AvgIpc) is 2.52. The third kappa shape index (κ3) is 5.56. The van der Waals surface area contributed by atoms with E-state index in [0.29, 0.717) is 19.1 Å². The highest BCUT2D eigenvalue weighted by molar-refractivity contribution is 5.81. The topological polar surface area (TPSA) is 53.9 Å². The van der Waals surface area contributed by atoms with E-state index in [0.717, 1.165) is 31.9 Å². The first-order valence-corrected chi connectivity index (χ1v) is 8.28. The smallest absolute Gasteiger partial charge is 0.310 e. The van der Waals surface area contributed by atoms with Crippen molar-refractivity contribution in [2.24, 2.45) is 16.8 Å². The van der Waals surface area contributed by atoms with Gasteiger partial charge in [-0.05, 0) is 25.7 Å². The maximum Gasteiger partial charge on any atom is 0.310 e. The van der Waals surface area contributed by atoms with Crippen LogP contribution in [-0.2, 0) is 9.53 Å². The first-order valence-electron chi connectivity index (χ1n) is 8.28. The minimum Gasteiger partial charge on any atom is -0.466 e. The number of guanidine groups is 1. The Hall–Kier alpha value is -1.26. The number of nitrogens with one attached hydrogen (secondary N) is 1. The average molecular weight is 297 g/mol. The molecule has 0 aliphatic carbocycles. The van der Waals surface area contributed by atoms with Gasteiger partial charge in [0.05, 0.1) is 12.5 Å². The molecule has 0 aromatic carbocycles. The lowest BCUT2D eigenvalue weighted by Crippen LogP contribution is -2.49. The van der Waals surface area contributed by atoms with Crippen LogP contribution in [0.2, 0.25) is 0 Å². The molecule has 1 saturated heterocycles. The summed E-state index contributed by atoms with van der Waals surface area (Å²) < 4.78 is 5.15. The minimum absolute atomic E-state index is 0.0228. The normalized spacial score (nSPS) is 19.8. The lowest BCUT2D eigenvalue weighted by molar-refractivity contribution is -0.149. The summed E-state index contributed by atoms with van der Waals surface area (Å²) in [5, 5.41) is 3.46. The molecule has 0 spiro atoms. The van der Waals surface area contributed by atoms with Crippen LogP contribution in [0.5, 0.6) is 0 Å². The van der Waals surface area contributed by atoms with E-state index in [-0.39, 0.29) is 11.9 Å². The molecule has 1 unspecified atom stereocenters. The fourth-order valence-corrected chi connectivity index (χ4v) is 2.77. The van der Waals surface area contributed by atoms with Gasteiger partial charge in [-0.25, -0.2) is 0 Å². The zero-order valence-electron chi connectivity index (χ0n) is 14.0. The van der Waals surface area contributed by atoms with E-state index in [2.05, 4.69) is 29.1 Å². The van der Waals surface area contributed by atoms with E-state index in [1.165, 1.54) is 12.8 Å². The van der Waals surface area contributed by atoms with Crippen molar-refractivity contribution in [3.8, 4) is 0 Å². The fourth-order valence-electron chi connectivity index (χ4n) is 2.77. The van der Waals surface area contributed by atoms with Crippen molar-refractivity contribution in [1.82, 2.24) is 10.2 Å². The third-order valence-electron chi connectivity index (χ3n) is 4.26. The lowest BCUT2D eigenvalue weighted by Gasteiger charge is -2.34. The van der Waals surface area contributed by atoms with Crippen LogP contribution >= 0.6 is 0 Å². The summed E-state index contributed by atoms with van der Waals surface area (Å²) in [5.41, 5.74) is 0. The molecule has 5 nitrogen and oxygen atoms in total. The third-order valence-corrected chi connectivity index (χ3v) is 4.26. The van der Waals surface area contributed by atoms with Gasteiger partial charge in [0.15, 0.2) is 5.96 Å². The Morgan fingerprint density at radius 1 is 1.38 bits per heavy atom. The Labute approximate surface area is 129 Å². The Bertz CT molecular complexity index is 340. The highest BCUT2D eigenvalue weighted by Crippen LogP contribution is 2.18. The predicted octanol–water partition coefficient (Wildman–Crippen LogP) is 2.27. The van der Waals surface area contributed by atoms with Crippen molar-refractivity contribution in [2.45, 2.75) is 46.5 Å². The van der Waals surface area contributed by atoms with Gasteiger partial charge in [-0.1, -0.05) is 26.7 Å². The van der Waals surface area contributed by atoms with Crippen molar-refractivity contribution >= 4 is 11.9 Å². The molecule has 1 aliphatic rings. The van der Waals surface area contributed by atoms with Crippen LogP contribution in [0.1, 0.15) is 46.5 Å². The summed E-state index contributed by atoms with van der Waals surface area (Å²) in [6, 6.07) is 0. The van der Waals surface area contributed by atoms with Crippen LogP contribution < -0.4 is 5.32 Å². The van der Waals surface area contributed by atoms with E-state index < -0.39 is 0 Å². The largest absolute Gasteiger partial charge is 0.466 e. The zero-order chi connectivity index (χ0) is 15.7. The number of ether oxygens (including phenoxy) is 1. The van der Waals surface area contributed by atoms with Crippen LogP contribution in [0.15, 0.2) is 4.99 Å². The molecule has 1 aliphatic heterocycles. The molecular weight excluding hydrogens is 266 g/mol. The number of piperidine rings is 1. The number of esters is 1. The summed E-state index contributed by atoms with van der Waals surface area (Å²) in [4.78, 5) is 18.5. The molecule has 5 heteroatoms. The minimum atomic E-state index is -0.0716. The lowest BCUT2D eigenvalue weighted by atomic mass is 9.98. The number of hydrogen-bond donors (Lipinski definition) is 1. The zero-order valence-corrected chi connectivity index (χ0v) is 14.0. The van der Waals surface area contributed by atoms with Gasteiger partial charge >= 0.3 is 5.97 Å². The number of rotatable bonds is 6. The fraction of sp³-hybridized carbons (Fsp3) is 0.875. The highest BCUT2D eigenvalue weighted by atomic mass is 16.5. The Morgan fingerprint density at radius 2 is 2.10 bits per heavy atom. The second-order valence-corrected chi connectivity index (χ2v) is 5.65. The molecule has 0 aromatic heterocycles. The van der Waals surface area contributed by atoms with E-state index in [1.54, 1.807) is 0 Å². The summed E-state index contributed by atoms with van der Waals surface area (Å²) in [5.74, 6) is 1.49. The number of likely N-dealkylation sites (tertiary alicyclic amines) is 1. The molecule has 1 atom stereocenters. The molecule has 1 N–H and O–H groups in total. The second-order valence-electron chi connectivity index (χ2n) is 5.65. The van der Waals surface area contributed by atoms with Gasteiger partial charge < -0.3 is 15.0 Å². The molecule has 1 fully saturated rings. The maximum absolute atomic E-state index is 11.9. The summed E-state index contributed by atoms with van der Waals surface area (Å²) in [6.45, 7) is 9.36. The molecule has 122 valence electrons. The van der Waals surface area contributed by atoms with Gasteiger partial charge in [0.2, 0.25) is 0 Å². The molecule has 0 radical (unpaired) electrons. The van der Waals surface area contributed by atoms with Crippen molar-refractivity contribution in [1.29, 1.82) is 0 Å². The first-order chi connectivity index (χ1) is 10.2. The van der Waals surface area contributed by atoms with Gasteiger partial charge in [-0.15, -0.1) is 0 Å². The van der Waals surface area contributed by atoms with Crippen LogP contribution in [0.4, 0.5) is 0 Å². The number of nitrogens with zero attached hydrogens (tertiary/aromatic N) is 2. The van der Waals surface area contributed by atoms with Gasteiger partial charge in [0.25, 0.3) is 0 Å². The van der Waals surface area contributed by atoms with E-state index in [4.69, 9.17) is 4.74 Å². The summed E-state index contributed by atoms with van der Waals surface area (Å²) in [7, 11) is 1.81. The molecule has 0 amide bonds. The van der Waals surface area contributed by atoms with Crippen LogP contribution in [-0.4, -0.2) is 50.1 Å². The van der Waals surface area contributed by atoms with Crippen molar-refractivity contribution in [3.63, 3.8) is 0 Å². The van der Waals surface area contributed by atoms with Gasteiger partial charge in [-0.2, -0.15) is 0 Å². The quantitative estimate of drug-likeness (QED) is 0.464. The first kappa shape index (κ1) is 17.8. The number of carbonyl (C=O) groups excluding carboxylic acids is 1. The Morgan fingerprint density at radius 3 is 2.67 bits per heavy atom. The van der Waals surface area contributed by atoms with Crippen molar-refractivity contribution in [2.75, 3.05) is 33.3 Å².